The maximum absolute atomic E-state index is 14.6. The van der Waals surface area contributed by atoms with Crippen LogP contribution < -0.4 is 71.6 Å². The lowest BCUT2D eigenvalue weighted by molar-refractivity contribution is -0.136. The fourth-order valence-corrected chi connectivity index (χ4v) is 8.55. The number of carbonyl (C=O) groups is 8. The second-order valence-electron chi connectivity index (χ2n) is 20.3. The number of guanidine groups is 2. The first-order chi connectivity index (χ1) is 37.0. The number of para-hydroxylation sites is 1. The second kappa shape index (κ2) is 33.4. The Balaban J connectivity index is 1.95. The summed E-state index contributed by atoms with van der Waals surface area (Å²) in [7, 11) is 0. The molecule has 0 radical (unpaired) electrons. The lowest BCUT2D eigenvalue weighted by atomic mass is 9.97. The Morgan fingerprint density at radius 2 is 1.04 bits per heavy atom. The zero-order valence-electron chi connectivity index (χ0n) is 46.1. The van der Waals surface area contributed by atoms with Crippen LogP contribution in [0.1, 0.15) is 110 Å². The summed E-state index contributed by atoms with van der Waals surface area (Å²) in [4.78, 5) is 122. The number of hydrogen-bond acceptors (Lipinski definition) is 11. The zero-order chi connectivity index (χ0) is 57.9. The summed E-state index contributed by atoms with van der Waals surface area (Å²) in [6.45, 7) is 11.3. The number of fused-ring (bicyclic) bond motifs is 1. The third-order valence-corrected chi connectivity index (χ3v) is 13.3. The van der Waals surface area contributed by atoms with Crippen LogP contribution in [0.25, 0.3) is 10.9 Å². The molecule has 2 aromatic carbocycles. The van der Waals surface area contributed by atoms with E-state index < -0.39 is 89.6 Å². The number of carbonyl (C=O) groups excluding carboxylic acids is 8. The fraction of sp³-hybridized carbons (Fsp3) is 0.556. The van der Waals surface area contributed by atoms with Crippen molar-refractivity contribution in [2.24, 2.45) is 62.1 Å². The Bertz CT molecular complexity index is 2490. The van der Waals surface area contributed by atoms with Gasteiger partial charge in [-0.05, 0) is 93.9 Å². The van der Waals surface area contributed by atoms with Crippen molar-refractivity contribution in [2.75, 3.05) is 19.6 Å². The molecule has 8 amide bonds. The number of rotatable bonds is 35. The van der Waals surface area contributed by atoms with Crippen LogP contribution >= 0.6 is 0 Å². The zero-order valence-corrected chi connectivity index (χ0v) is 46.1. The SMILES string of the molecule is CC[C@H](C)C(NC(=O)[C@H](Cc1ccccc1)NC(=O)[C@H](C)NC(=O)[C@H](Cc1c[nH]c2ccccc12)NC(=O)[C@H](CCCCN)NC(=O)[C@H](CCCN=C(N)N)NC(=O)[C@H](CC(C)C)NC(=O)[C@@H](C)CCCN=C(N)N)C(N)=O. The van der Waals surface area contributed by atoms with Gasteiger partial charge in [0.25, 0.3) is 0 Å². The standard InChI is InChI=1S/C54H86N16O8/c1-7-32(4)44(45(56)71)70-52(78)42(28-35-18-9-8-10-19-35)68-47(73)34(6)64-50(76)43(29-36-30-63-38-21-12-11-20-37(36)38)69-49(75)39(22-13-14-24-55)65-48(74)40(23-16-26-62-54(59)60)66-51(77)41(27-31(2)3)67-46(72)33(5)17-15-25-61-53(57)58/h8-12,18-21,30-34,39-44,63H,7,13-17,22-29,55H2,1-6H3,(H2,56,71)(H,64,76)(H,65,74)(H,66,77)(H,67,72)(H,68,73)(H,69,75)(H,70,78)(H4,57,58,61)(H4,59,60,62)/t32-,33-,34-,39-,40-,41-,42-,43-,44?/m0/s1. The Morgan fingerprint density at radius 3 is 1.62 bits per heavy atom. The number of nitrogens with zero attached hydrogens (tertiary/aromatic N) is 2. The van der Waals surface area contributed by atoms with Crippen LogP contribution in [0.15, 0.2) is 70.8 Å². The monoisotopic (exact) mass is 1090 g/mol. The van der Waals surface area contributed by atoms with Gasteiger partial charge in [-0.2, -0.15) is 0 Å². The highest BCUT2D eigenvalue weighted by atomic mass is 16.2. The summed E-state index contributed by atoms with van der Waals surface area (Å²) in [6.07, 6.45) is 4.63. The van der Waals surface area contributed by atoms with Crippen LogP contribution in [0.4, 0.5) is 0 Å². The predicted molar refractivity (Wildman–Crippen MR) is 301 cm³/mol. The van der Waals surface area contributed by atoms with E-state index in [9.17, 15) is 38.4 Å². The van der Waals surface area contributed by atoms with E-state index in [1.54, 1.807) is 50.4 Å². The van der Waals surface area contributed by atoms with E-state index in [1.807, 2.05) is 45.0 Å². The molecule has 0 aliphatic rings. The molecule has 9 atom stereocenters. The van der Waals surface area contributed by atoms with Crippen LogP contribution in [0, 0.1) is 17.8 Å². The van der Waals surface area contributed by atoms with Gasteiger partial charge in [0, 0.05) is 48.9 Å². The normalized spacial score (nSPS) is 14.6. The Morgan fingerprint density at radius 1 is 0.538 bits per heavy atom. The molecular formula is C54H86N16O8. The van der Waals surface area contributed by atoms with E-state index in [-0.39, 0.29) is 81.3 Å². The van der Waals surface area contributed by atoms with E-state index in [1.165, 1.54) is 6.92 Å². The third-order valence-electron chi connectivity index (χ3n) is 13.3. The van der Waals surface area contributed by atoms with Crippen molar-refractivity contribution < 1.29 is 38.4 Å². The van der Waals surface area contributed by atoms with Crippen LogP contribution in [0.2, 0.25) is 0 Å². The number of unbranched alkanes of at least 4 members (excludes halogenated alkanes) is 1. The van der Waals surface area contributed by atoms with Gasteiger partial charge >= 0.3 is 0 Å². The van der Waals surface area contributed by atoms with Gasteiger partial charge in [0.2, 0.25) is 47.3 Å². The van der Waals surface area contributed by atoms with Gasteiger partial charge in [-0.15, -0.1) is 0 Å². The number of nitrogens with one attached hydrogen (secondary N) is 8. The number of benzene rings is 2. The molecule has 3 rings (SSSR count). The molecule has 24 nitrogen and oxygen atoms in total. The van der Waals surface area contributed by atoms with Gasteiger partial charge in [0.1, 0.15) is 42.3 Å². The van der Waals surface area contributed by atoms with E-state index in [4.69, 9.17) is 34.4 Å². The topological polar surface area (TPSA) is 417 Å². The van der Waals surface area contributed by atoms with Gasteiger partial charge in [0.05, 0.1) is 0 Å². The summed E-state index contributed by atoms with van der Waals surface area (Å²) >= 11 is 0. The van der Waals surface area contributed by atoms with E-state index in [0.717, 1.165) is 10.9 Å². The third kappa shape index (κ3) is 22.4. The second-order valence-corrected chi connectivity index (χ2v) is 20.3. The Labute approximate surface area is 457 Å². The Kier molecular flexibility index (Phi) is 27.6. The van der Waals surface area contributed by atoms with Crippen molar-refractivity contribution in [1.29, 1.82) is 0 Å². The molecule has 0 bridgehead atoms. The van der Waals surface area contributed by atoms with Crippen molar-refractivity contribution in [1.82, 2.24) is 42.2 Å². The highest BCUT2D eigenvalue weighted by Gasteiger charge is 2.35. The molecule has 0 aliphatic carbocycles. The molecule has 0 aliphatic heterocycles. The highest BCUT2D eigenvalue weighted by Crippen LogP contribution is 2.20. The molecule has 0 saturated carbocycles. The molecule has 1 heterocycles. The largest absolute Gasteiger partial charge is 0.370 e. The minimum Gasteiger partial charge on any atom is -0.370 e. The average molecular weight is 1090 g/mol. The number of amides is 8. The maximum atomic E-state index is 14.6. The molecule has 20 N–H and O–H groups in total. The van der Waals surface area contributed by atoms with Crippen molar-refractivity contribution in [3.8, 4) is 0 Å². The van der Waals surface area contributed by atoms with Crippen LogP contribution in [-0.2, 0) is 51.2 Å². The molecule has 430 valence electrons. The molecule has 0 saturated heterocycles. The van der Waals surface area contributed by atoms with Crippen molar-refractivity contribution in [3.05, 3.63) is 71.9 Å². The summed E-state index contributed by atoms with van der Waals surface area (Å²) in [5, 5.41) is 20.2. The van der Waals surface area contributed by atoms with Crippen LogP contribution in [0.5, 0.6) is 0 Å². The van der Waals surface area contributed by atoms with Crippen LogP contribution in [-0.4, -0.2) is 126 Å². The molecule has 0 spiro atoms. The predicted octanol–water partition coefficient (Wildman–Crippen LogP) is -0.184. The van der Waals surface area contributed by atoms with Crippen molar-refractivity contribution >= 4 is 70.1 Å². The molecule has 78 heavy (non-hydrogen) atoms. The summed E-state index contributed by atoms with van der Waals surface area (Å²) in [5.41, 5.74) is 35.6. The molecule has 1 unspecified atom stereocenters. The quantitative estimate of drug-likeness (QED) is 0.0207. The van der Waals surface area contributed by atoms with E-state index >= 15 is 0 Å². The first kappa shape index (κ1) is 64.5. The molecular weight excluding hydrogens is 1000 g/mol. The highest BCUT2D eigenvalue weighted by molar-refractivity contribution is 5.98. The molecule has 3 aromatic rings. The molecule has 24 heteroatoms. The minimum absolute atomic E-state index is 0.0258. The lowest BCUT2D eigenvalue weighted by Crippen LogP contribution is -2.60. The maximum Gasteiger partial charge on any atom is 0.243 e. The van der Waals surface area contributed by atoms with Crippen LogP contribution in [0.3, 0.4) is 0 Å². The first-order valence-electron chi connectivity index (χ1n) is 26.9. The molecule has 1 aromatic heterocycles. The molecule has 0 fully saturated rings. The number of hydrogen-bond donors (Lipinski definition) is 14. The van der Waals surface area contributed by atoms with Crippen molar-refractivity contribution in [3.63, 3.8) is 0 Å². The van der Waals surface area contributed by atoms with Crippen molar-refractivity contribution in [2.45, 2.75) is 154 Å². The minimum atomic E-state index is -1.33. The summed E-state index contributed by atoms with van der Waals surface area (Å²) in [6, 6.07) is 7.96. The number of primary amides is 1. The number of aromatic nitrogens is 1. The number of aromatic amines is 1. The summed E-state index contributed by atoms with van der Waals surface area (Å²) < 4.78 is 0. The lowest BCUT2D eigenvalue weighted by Gasteiger charge is -2.28. The Hall–Kier alpha value is -7.76. The van der Waals surface area contributed by atoms with Gasteiger partial charge in [0.15, 0.2) is 11.9 Å². The number of nitrogens with two attached hydrogens (primary N) is 6. The average Bonchev–Trinajstić information content (AvgIpc) is 3.82. The number of H-pyrrole nitrogens is 1. The van der Waals surface area contributed by atoms with Gasteiger partial charge < -0.3 is 76.6 Å². The first-order valence-corrected chi connectivity index (χ1v) is 26.9. The van der Waals surface area contributed by atoms with E-state index in [0.29, 0.717) is 49.8 Å². The van der Waals surface area contributed by atoms with Gasteiger partial charge in [-0.3, -0.25) is 48.3 Å². The smallest absolute Gasteiger partial charge is 0.243 e. The number of aliphatic imine (C=N–C) groups is 2. The van der Waals surface area contributed by atoms with Gasteiger partial charge in [-0.1, -0.05) is 89.6 Å². The van der Waals surface area contributed by atoms with Gasteiger partial charge in [-0.25, -0.2) is 0 Å². The summed E-state index contributed by atoms with van der Waals surface area (Å²) in [5.74, 6) is -6.43. The van der Waals surface area contributed by atoms with E-state index in [2.05, 4.69) is 52.2 Å². The fourth-order valence-electron chi connectivity index (χ4n) is 8.55.